The zero-order valence-electron chi connectivity index (χ0n) is 18.1. The van der Waals surface area contributed by atoms with Crippen LogP contribution in [0.15, 0.2) is 60.8 Å². The van der Waals surface area contributed by atoms with Gasteiger partial charge in [0.15, 0.2) is 0 Å². The molecule has 3 heteroatoms. The van der Waals surface area contributed by atoms with E-state index < -0.39 is 0 Å². The summed E-state index contributed by atoms with van der Waals surface area (Å²) in [5.41, 5.74) is 4.62. The van der Waals surface area contributed by atoms with Gasteiger partial charge in [0.2, 0.25) is 5.91 Å². The number of carbonyl (C=O) groups is 1. The van der Waals surface area contributed by atoms with Gasteiger partial charge in [0.25, 0.3) is 0 Å². The number of hydrogen-bond acceptors (Lipinski definition) is 2. The molecule has 1 aliphatic rings. The molecule has 1 fully saturated rings. The summed E-state index contributed by atoms with van der Waals surface area (Å²) in [6, 6.07) is 18.7. The number of nitrogens with zero attached hydrogens (tertiary/aromatic N) is 1. The smallest absolute Gasteiger partial charge is 0.227 e. The van der Waals surface area contributed by atoms with E-state index in [9.17, 15) is 4.79 Å². The van der Waals surface area contributed by atoms with Crippen molar-refractivity contribution >= 4 is 22.5 Å². The largest absolute Gasteiger partial charge is 0.326 e. The molecule has 1 unspecified atom stereocenters. The van der Waals surface area contributed by atoms with Gasteiger partial charge in [-0.15, -0.1) is 0 Å². The molecule has 0 saturated heterocycles. The molecule has 1 aliphatic carbocycles. The predicted molar refractivity (Wildman–Crippen MR) is 125 cm³/mol. The summed E-state index contributed by atoms with van der Waals surface area (Å²) in [7, 11) is 0. The number of aromatic nitrogens is 1. The molecule has 3 nitrogen and oxygen atoms in total. The lowest BCUT2D eigenvalue weighted by Gasteiger charge is -2.34. The van der Waals surface area contributed by atoms with E-state index in [-0.39, 0.29) is 11.8 Å². The molecule has 0 aliphatic heterocycles. The SMILES string of the molecule is CCCC(C(=O)Nc1ccc(C)cc1)C1CCC(c2ccnc3ccccc23)CC1. The van der Waals surface area contributed by atoms with Crippen LogP contribution in [0.5, 0.6) is 0 Å². The van der Waals surface area contributed by atoms with Gasteiger partial charge in [0, 0.05) is 23.2 Å². The van der Waals surface area contributed by atoms with Gasteiger partial charge >= 0.3 is 0 Å². The topological polar surface area (TPSA) is 42.0 Å². The van der Waals surface area contributed by atoms with Crippen molar-refractivity contribution in [1.82, 2.24) is 4.98 Å². The van der Waals surface area contributed by atoms with E-state index in [1.165, 1.54) is 16.5 Å². The number of anilines is 1. The molecule has 1 saturated carbocycles. The van der Waals surface area contributed by atoms with Crippen LogP contribution in [0.1, 0.15) is 62.5 Å². The van der Waals surface area contributed by atoms with E-state index in [0.29, 0.717) is 11.8 Å². The second-order valence-electron chi connectivity index (χ2n) is 8.78. The monoisotopic (exact) mass is 400 g/mol. The molecule has 1 aromatic heterocycles. The summed E-state index contributed by atoms with van der Waals surface area (Å²) in [4.78, 5) is 17.6. The van der Waals surface area contributed by atoms with Crippen LogP contribution in [0.25, 0.3) is 10.9 Å². The molecular weight excluding hydrogens is 368 g/mol. The standard InChI is InChI=1S/C27H32N2O/c1-3-6-24(27(30)29-22-15-9-19(2)10-16-22)21-13-11-20(12-14-21)23-17-18-28-26-8-5-4-7-25(23)26/h4-5,7-10,15-18,20-21,24H,3,6,11-14H2,1-2H3,(H,29,30). The van der Waals surface area contributed by atoms with Gasteiger partial charge in [-0.3, -0.25) is 9.78 Å². The van der Waals surface area contributed by atoms with E-state index in [0.717, 1.165) is 49.7 Å². The molecular formula is C27H32N2O. The molecule has 1 N–H and O–H groups in total. The minimum absolute atomic E-state index is 0.103. The van der Waals surface area contributed by atoms with E-state index in [1.807, 2.05) is 18.3 Å². The van der Waals surface area contributed by atoms with Crippen LogP contribution in [0.2, 0.25) is 0 Å². The maximum atomic E-state index is 13.1. The summed E-state index contributed by atoms with van der Waals surface area (Å²) < 4.78 is 0. The highest BCUT2D eigenvalue weighted by Crippen LogP contribution is 2.41. The lowest BCUT2D eigenvalue weighted by molar-refractivity contribution is -0.122. The van der Waals surface area contributed by atoms with Crippen molar-refractivity contribution < 1.29 is 4.79 Å². The van der Waals surface area contributed by atoms with Crippen LogP contribution >= 0.6 is 0 Å². The molecule has 0 spiro atoms. The summed E-state index contributed by atoms with van der Waals surface area (Å²) in [5, 5.41) is 4.45. The second-order valence-corrected chi connectivity index (χ2v) is 8.78. The first kappa shape index (κ1) is 20.6. The third-order valence-electron chi connectivity index (χ3n) is 6.72. The van der Waals surface area contributed by atoms with Gasteiger partial charge in [0.05, 0.1) is 5.52 Å². The maximum Gasteiger partial charge on any atom is 0.227 e. The molecule has 4 rings (SSSR count). The zero-order valence-corrected chi connectivity index (χ0v) is 18.1. The minimum atomic E-state index is 0.103. The molecule has 156 valence electrons. The van der Waals surface area contributed by atoms with Crippen LogP contribution in [0, 0.1) is 18.8 Å². The van der Waals surface area contributed by atoms with Gasteiger partial charge in [-0.05, 0) is 80.7 Å². The molecule has 30 heavy (non-hydrogen) atoms. The Balaban J connectivity index is 1.44. The molecule has 2 aromatic carbocycles. The Kier molecular flexibility index (Phi) is 6.47. The number of para-hydroxylation sites is 1. The summed E-state index contributed by atoms with van der Waals surface area (Å²) in [5.74, 6) is 1.33. The van der Waals surface area contributed by atoms with Gasteiger partial charge < -0.3 is 5.32 Å². The van der Waals surface area contributed by atoms with E-state index in [2.05, 4.69) is 66.6 Å². The molecule has 1 amide bonds. The number of carbonyl (C=O) groups excluding carboxylic acids is 1. The van der Waals surface area contributed by atoms with Crippen LogP contribution < -0.4 is 5.32 Å². The zero-order chi connectivity index (χ0) is 20.9. The first-order chi connectivity index (χ1) is 14.7. The van der Waals surface area contributed by atoms with Gasteiger partial charge in [-0.25, -0.2) is 0 Å². The fourth-order valence-corrected chi connectivity index (χ4v) is 5.07. The maximum absolute atomic E-state index is 13.1. The van der Waals surface area contributed by atoms with Crippen molar-refractivity contribution in [2.75, 3.05) is 5.32 Å². The summed E-state index contributed by atoms with van der Waals surface area (Å²) in [6.45, 7) is 4.25. The molecule has 0 radical (unpaired) electrons. The van der Waals surface area contributed by atoms with E-state index in [4.69, 9.17) is 0 Å². The highest BCUT2D eigenvalue weighted by molar-refractivity contribution is 5.92. The van der Waals surface area contributed by atoms with E-state index in [1.54, 1.807) is 0 Å². The van der Waals surface area contributed by atoms with Crippen LogP contribution in [-0.2, 0) is 4.79 Å². The summed E-state index contributed by atoms with van der Waals surface area (Å²) >= 11 is 0. The quantitative estimate of drug-likeness (QED) is 0.490. The third kappa shape index (κ3) is 4.56. The summed E-state index contributed by atoms with van der Waals surface area (Å²) in [6.07, 6.45) is 8.48. The number of aryl methyl sites for hydroxylation is 1. The number of hydrogen-bond donors (Lipinski definition) is 1. The van der Waals surface area contributed by atoms with Crippen LogP contribution in [0.4, 0.5) is 5.69 Å². The normalized spacial score (nSPS) is 20.1. The highest BCUT2D eigenvalue weighted by Gasteiger charge is 2.32. The van der Waals surface area contributed by atoms with Crippen LogP contribution in [-0.4, -0.2) is 10.9 Å². The van der Waals surface area contributed by atoms with Crippen molar-refractivity contribution in [3.05, 3.63) is 71.9 Å². The molecule has 1 heterocycles. The second kappa shape index (κ2) is 9.42. The Morgan fingerprint density at radius 2 is 1.77 bits per heavy atom. The average molecular weight is 401 g/mol. The van der Waals surface area contributed by atoms with Crippen molar-refractivity contribution in [2.24, 2.45) is 11.8 Å². The Labute approximate surface area is 179 Å². The lowest BCUT2D eigenvalue weighted by Crippen LogP contribution is -2.31. The fraction of sp³-hybridized carbons (Fsp3) is 0.407. The van der Waals surface area contributed by atoms with Gasteiger partial charge in [-0.2, -0.15) is 0 Å². The average Bonchev–Trinajstić information content (AvgIpc) is 2.79. The minimum Gasteiger partial charge on any atom is -0.326 e. The van der Waals surface area contributed by atoms with Gasteiger partial charge in [0.1, 0.15) is 0 Å². The fourth-order valence-electron chi connectivity index (χ4n) is 5.07. The Morgan fingerprint density at radius 3 is 2.50 bits per heavy atom. The number of fused-ring (bicyclic) bond motifs is 1. The predicted octanol–water partition coefficient (Wildman–Crippen LogP) is 6.87. The lowest BCUT2D eigenvalue weighted by atomic mass is 9.72. The Morgan fingerprint density at radius 1 is 1.03 bits per heavy atom. The molecule has 3 aromatic rings. The number of amides is 1. The van der Waals surface area contributed by atoms with Crippen molar-refractivity contribution in [3.63, 3.8) is 0 Å². The number of rotatable bonds is 6. The third-order valence-corrected chi connectivity index (χ3v) is 6.72. The van der Waals surface area contributed by atoms with Crippen molar-refractivity contribution in [3.8, 4) is 0 Å². The van der Waals surface area contributed by atoms with Crippen LogP contribution in [0.3, 0.4) is 0 Å². The first-order valence-corrected chi connectivity index (χ1v) is 11.4. The number of benzene rings is 2. The Hall–Kier alpha value is -2.68. The number of nitrogens with one attached hydrogen (secondary N) is 1. The van der Waals surface area contributed by atoms with Gasteiger partial charge in [-0.1, -0.05) is 49.2 Å². The van der Waals surface area contributed by atoms with E-state index >= 15 is 0 Å². The highest BCUT2D eigenvalue weighted by atomic mass is 16.1. The van der Waals surface area contributed by atoms with Crippen molar-refractivity contribution in [2.45, 2.75) is 58.3 Å². The first-order valence-electron chi connectivity index (χ1n) is 11.4. The molecule has 1 atom stereocenters. The van der Waals surface area contributed by atoms with Crippen molar-refractivity contribution in [1.29, 1.82) is 0 Å². The Bertz CT molecular complexity index is 982. The molecule has 0 bridgehead atoms. The number of pyridine rings is 1.